The summed E-state index contributed by atoms with van der Waals surface area (Å²) in [6, 6.07) is 7.63. The molecule has 0 atom stereocenters. The van der Waals surface area contributed by atoms with Crippen molar-refractivity contribution in [2.24, 2.45) is 0 Å². The summed E-state index contributed by atoms with van der Waals surface area (Å²) in [6.45, 7) is 0.103. The summed E-state index contributed by atoms with van der Waals surface area (Å²) in [5.74, 6) is -1.03. The second-order valence-electron chi connectivity index (χ2n) is 5.29. The van der Waals surface area contributed by atoms with Crippen LogP contribution in [0.1, 0.15) is 18.4 Å². The summed E-state index contributed by atoms with van der Waals surface area (Å²) in [4.78, 5) is 24.0. The van der Waals surface area contributed by atoms with E-state index in [1.807, 2.05) is 0 Å². The molecule has 1 heterocycles. The van der Waals surface area contributed by atoms with Gasteiger partial charge in [-0.15, -0.1) is 11.3 Å². The number of esters is 1. The lowest BCUT2D eigenvalue weighted by molar-refractivity contribution is -0.140. The zero-order valence-corrected chi connectivity index (χ0v) is 15.7. The van der Waals surface area contributed by atoms with Crippen LogP contribution in [0.3, 0.4) is 0 Å². The third-order valence-electron chi connectivity index (χ3n) is 3.61. The molecule has 0 radical (unpaired) electrons. The molecule has 0 aliphatic carbocycles. The normalized spacial score (nSPS) is 10.9. The average Bonchev–Trinajstić information content (AvgIpc) is 2.95. The molecule has 0 aliphatic heterocycles. The van der Waals surface area contributed by atoms with Gasteiger partial charge in [0, 0.05) is 18.5 Å². The van der Waals surface area contributed by atoms with E-state index in [1.165, 1.54) is 36.0 Å². The van der Waals surface area contributed by atoms with Gasteiger partial charge in [0.25, 0.3) is 5.56 Å². The van der Waals surface area contributed by atoms with Crippen LogP contribution < -0.4 is 14.8 Å². The molecule has 2 rings (SSSR count). The number of halogens is 2. The number of thiazole rings is 1. The van der Waals surface area contributed by atoms with E-state index in [9.17, 15) is 14.0 Å². The number of hydrogen-bond acceptors (Lipinski definition) is 6. The highest BCUT2D eigenvalue weighted by Gasteiger charge is 2.12. The fraction of sp³-hybridized carbons (Fsp3) is 0.222. The predicted octanol–water partition coefficient (Wildman–Crippen LogP) is 1.68. The van der Waals surface area contributed by atoms with Crippen molar-refractivity contribution in [3.8, 4) is 12.1 Å². The van der Waals surface area contributed by atoms with Gasteiger partial charge in [-0.05, 0) is 24.6 Å². The maximum atomic E-state index is 14.0. The molecule has 0 bridgehead atoms. The first-order valence-electron chi connectivity index (χ1n) is 7.69. The second kappa shape index (κ2) is 9.13. The minimum Gasteiger partial charge on any atom is -0.469 e. The largest absolute Gasteiger partial charge is 0.469 e. The smallest absolute Gasteiger partial charge is 0.305 e. The van der Waals surface area contributed by atoms with E-state index in [-0.39, 0.29) is 44.7 Å². The van der Waals surface area contributed by atoms with Crippen molar-refractivity contribution in [1.29, 1.82) is 10.5 Å². The first kappa shape index (κ1) is 20.4. The molecule has 6 nitrogen and oxygen atoms in total. The van der Waals surface area contributed by atoms with Gasteiger partial charge in [-0.3, -0.25) is 14.2 Å². The van der Waals surface area contributed by atoms with Crippen molar-refractivity contribution in [3.05, 3.63) is 54.2 Å². The first-order chi connectivity index (χ1) is 12.9. The number of rotatable bonds is 5. The molecule has 0 fully saturated rings. The van der Waals surface area contributed by atoms with Crippen LogP contribution in [0.2, 0.25) is 5.02 Å². The number of carbonyl (C=O) groups excluding carboxylic acids is 1. The highest BCUT2D eigenvalue weighted by molar-refractivity contribution is 7.07. The Morgan fingerprint density at radius 2 is 2.11 bits per heavy atom. The van der Waals surface area contributed by atoms with Gasteiger partial charge in [-0.2, -0.15) is 10.5 Å². The van der Waals surface area contributed by atoms with Gasteiger partial charge in [0.1, 0.15) is 22.6 Å². The Labute approximate surface area is 162 Å². The SMILES string of the molecule is COC(=O)CCCn1c(=C(C#N)C#N)sc(=Cc2c(F)cccc2Cl)c1=O. The van der Waals surface area contributed by atoms with Crippen LogP contribution in [0.15, 0.2) is 23.0 Å². The lowest BCUT2D eigenvalue weighted by atomic mass is 10.2. The van der Waals surface area contributed by atoms with Crippen LogP contribution >= 0.6 is 22.9 Å². The van der Waals surface area contributed by atoms with Crippen molar-refractivity contribution in [3.63, 3.8) is 0 Å². The molecule has 0 spiro atoms. The summed E-state index contributed by atoms with van der Waals surface area (Å²) in [5.41, 5.74) is -0.696. The van der Waals surface area contributed by atoms with Crippen LogP contribution in [0.5, 0.6) is 0 Å². The molecular weight excluding hydrogens is 393 g/mol. The summed E-state index contributed by atoms with van der Waals surface area (Å²) in [5, 5.41) is 18.4. The topological polar surface area (TPSA) is 95.9 Å². The van der Waals surface area contributed by atoms with Gasteiger partial charge >= 0.3 is 5.97 Å². The Balaban J connectivity index is 2.65. The van der Waals surface area contributed by atoms with Gasteiger partial charge < -0.3 is 4.74 Å². The maximum Gasteiger partial charge on any atom is 0.305 e. The number of nitriles is 2. The maximum absolute atomic E-state index is 14.0. The highest BCUT2D eigenvalue weighted by atomic mass is 35.5. The molecule has 1 aromatic heterocycles. The molecule has 2 aromatic rings. The number of hydrogen-bond donors (Lipinski definition) is 0. The van der Waals surface area contributed by atoms with Gasteiger partial charge in [0.05, 0.1) is 16.7 Å². The van der Waals surface area contributed by atoms with E-state index in [2.05, 4.69) is 4.74 Å². The fourth-order valence-electron chi connectivity index (χ4n) is 2.29. The molecule has 1 aromatic carbocycles. The third kappa shape index (κ3) is 4.62. The van der Waals surface area contributed by atoms with E-state index < -0.39 is 17.3 Å². The van der Waals surface area contributed by atoms with Crippen LogP contribution in [-0.4, -0.2) is 17.6 Å². The van der Waals surface area contributed by atoms with Crippen LogP contribution in [0, 0.1) is 28.5 Å². The summed E-state index contributed by atoms with van der Waals surface area (Å²) >= 11 is 6.88. The minimum absolute atomic E-state index is 0.0428. The van der Waals surface area contributed by atoms with E-state index in [1.54, 1.807) is 12.1 Å². The highest BCUT2D eigenvalue weighted by Crippen LogP contribution is 2.19. The number of carbonyl (C=O) groups is 1. The van der Waals surface area contributed by atoms with Crippen LogP contribution in [0.25, 0.3) is 11.6 Å². The van der Waals surface area contributed by atoms with Crippen molar-refractivity contribution in [2.75, 3.05) is 7.11 Å². The Hall–Kier alpha value is -2.94. The van der Waals surface area contributed by atoms with Crippen molar-refractivity contribution >= 4 is 40.6 Å². The molecule has 0 N–H and O–H groups in total. The van der Waals surface area contributed by atoms with Gasteiger partial charge in [0.15, 0.2) is 5.57 Å². The quantitative estimate of drug-likeness (QED) is 0.705. The molecule has 27 heavy (non-hydrogen) atoms. The summed E-state index contributed by atoms with van der Waals surface area (Å²) < 4.78 is 20.1. The van der Waals surface area contributed by atoms with Crippen molar-refractivity contribution in [1.82, 2.24) is 4.57 Å². The Morgan fingerprint density at radius 3 is 2.70 bits per heavy atom. The first-order valence-corrected chi connectivity index (χ1v) is 8.89. The Bertz CT molecular complexity index is 1100. The zero-order chi connectivity index (χ0) is 20.0. The van der Waals surface area contributed by atoms with E-state index in [4.69, 9.17) is 22.1 Å². The lowest BCUT2D eigenvalue weighted by Crippen LogP contribution is -2.32. The zero-order valence-electron chi connectivity index (χ0n) is 14.2. The fourth-order valence-corrected chi connectivity index (χ4v) is 3.57. The standard InChI is InChI=1S/C18H13ClFN3O3S/c1-26-16(24)6-3-7-23-17(25)15(27-18(23)11(9-21)10-22)8-12-13(19)4-2-5-14(12)20/h2,4-5,8H,3,6-7H2,1H3. The van der Waals surface area contributed by atoms with E-state index in [0.29, 0.717) is 0 Å². The molecule has 138 valence electrons. The minimum atomic E-state index is -0.598. The van der Waals surface area contributed by atoms with Gasteiger partial charge in [0.2, 0.25) is 0 Å². The summed E-state index contributed by atoms with van der Waals surface area (Å²) in [6.07, 6.45) is 1.64. The third-order valence-corrected chi connectivity index (χ3v) is 5.07. The molecule has 0 saturated carbocycles. The second-order valence-corrected chi connectivity index (χ2v) is 6.72. The number of aromatic nitrogens is 1. The van der Waals surface area contributed by atoms with Crippen molar-refractivity contribution in [2.45, 2.75) is 19.4 Å². The van der Waals surface area contributed by atoms with Crippen LogP contribution in [0.4, 0.5) is 4.39 Å². The number of benzene rings is 1. The molecule has 9 heteroatoms. The molecule has 0 aliphatic rings. The monoisotopic (exact) mass is 405 g/mol. The average molecular weight is 406 g/mol. The Kier molecular flexibility index (Phi) is 6.89. The number of nitrogens with zero attached hydrogens (tertiary/aromatic N) is 3. The number of ether oxygens (including phenoxy) is 1. The van der Waals surface area contributed by atoms with Crippen LogP contribution in [-0.2, 0) is 16.1 Å². The number of methoxy groups -OCH3 is 1. The molecule has 0 amide bonds. The van der Waals surface area contributed by atoms with E-state index >= 15 is 0 Å². The molecule has 0 saturated heterocycles. The van der Waals surface area contributed by atoms with E-state index in [0.717, 1.165) is 11.3 Å². The van der Waals surface area contributed by atoms with Crippen molar-refractivity contribution < 1.29 is 13.9 Å². The molecular formula is C18H13ClFN3O3S. The van der Waals surface area contributed by atoms with Gasteiger partial charge in [-0.25, -0.2) is 4.39 Å². The van der Waals surface area contributed by atoms with Gasteiger partial charge in [-0.1, -0.05) is 17.7 Å². The predicted molar refractivity (Wildman–Crippen MR) is 98.7 cm³/mol. The molecule has 0 unspecified atom stereocenters. The lowest BCUT2D eigenvalue weighted by Gasteiger charge is -2.01. The summed E-state index contributed by atoms with van der Waals surface area (Å²) in [7, 11) is 1.26. The Morgan fingerprint density at radius 1 is 1.41 bits per heavy atom.